The maximum atomic E-state index is 5.44. The molecule has 0 radical (unpaired) electrons. The summed E-state index contributed by atoms with van der Waals surface area (Å²) in [7, 11) is 0. The summed E-state index contributed by atoms with van der Waals surface area (Å²) in [5.74, 6) is 1.49. The van der Waals surface area contributed by atoms with Gasteiger partial charge in [-0.05, 0) is 48.7 Å². The van der Waals surface area contributed by atoms with Crippen LogP contribution in [0.5, 0.6) is 0 Å². The molecule has 2 fully saturated rings. The standard InChI is InChI=1S/C26H32N6O/c1-2-4-21(5-3-1)20-31-14-11-23(12-15-31)28-25-10-13-27-26(30-25)29-22-6-8-24(9-7-22)32-16-18-33-19-17-32/h1-10,13,23H,11-12,14-20H2,(H2,27,28,29,30). The van der Waals surface area contributed by atoms with Crippen LogP contribution in [0.25, 0.3) is 0 Å². The van der Waals surface area contributed by atoms with E-state index in [0.29, 0.717) is 12.0 Å². The third-order valence-electron chi connectivity index (χ3n) is 6.34. The third kappa shape index (κ3) is 6.00. The normalized spacial score (nSPS) is 17.6. The molecule has 33 heavy (non-hydrogen) atoms. The number of ether oxygens (including phenoxy) is 1. The van der Waals surface area contributed by atoms with Crippen LogP contribution in [0.2, 0.25) is 0 Å². The van der Waals surface area contributed by atoms with Crippen molar-refractivity contribution in [1.29, 1.82) is 0 Å². The molecule has 2 N–H and O–H groups in total. The van der Waals surface area contributed by atoms with Crippen molar-refractivity contribution in [3.8, 4) is 0 Å². The Bertz CT molecular complexity index is 999. The van der Waals surface area contributed by atoms with Gasteiger partial charge in [0.1, 0.15) is 5.82 Å². The van der Waals surface area contributed by atoms with Crippen LogP contribution in [0.15, 0.2) is 66.9 Å². The van der Waals surface area contributed by atoms with E-state index in [1.165, 1.54) is 11.3 Å². The van der Waals surface area contributed by atoms with E-state index < -0.39 is 0 Å². The molecule has 0 aliphatic carbocycles. The number of anilines is 4. The van der Waals surface area contributed by atoms with Gasteiger partial charge in [0.15, 0.2) is 0 Å². The van der Waals surface area contributed by atoms with Crippen molar-refractivity contribution < 1.29 is 4.74 Å². The minimum absolute atomic E-state index is 0.438. The summed E-state index contributed by atoms with van der Waals surface area (Å²) in [5, 5.41) is 6.94. The van der Waals surface area contributed by atoms with Crippen LogP contribution in [0.1, 0.15) is 18.4 Å². The van der Waals surface area contributed by atoms with Gasteiger partial charge in [0.25, 0.3) is 0 Å². The molecular formula is C26H32N6O. The van der Waals surface area contributed by atoms with E-state index >= 15 is 0 Å². The Labute approximate surface area is 195 Å². The van der Waals surface area contributed by atoms with E-state index in [1.807, 2.05) is 12.3 Å². The summed E-state index contributed by atoms with van der Waals surface area (Å²) in [4.78, 5) is 14.0. The number of morpholine rings is 1. The first-order chi connectivity index (χ1) is 16.3. The van der Waals surface area contributed by atoms with E-state index in [4.69, 9.17) is 4.74 Å². The summed E-state index contributed by atoms with van der Waals surface area (Å²) >= 11 is 0. The first-order valence-electron chi connectivity index (χ1n) is 11.9. The first-order valence-corrected chi connectivity index (χ1v) is 11.9. The molecule has 2 saturated heterocycles. The summed E-state index contributed by atoms with van der Waals surface area (Å²) in [5.41, 5.74) is 3.59. The number of piperidine rings is 1. The molecule has 0 atom stereocenters. The van der Waals surface area contributed by atoms with Gasteiger partial charge >= 0.3 is 0 Å². The highest BCUT2D eigenvalue weighted by Gasteiger charge is 2.19. The average molecular weight is 445 g/mol. The second kappa shape index (κ2) is 10.6. The van der Waals surface area contributed by atoms with E-state index in [0.717, 1.165) is 70.3 Å². The highest BCUT2D eigenvalue weighted by Crippen LogP contribution is 2.22. The van der Waals surface area contributed by atoms with E-state index in [-0.39, 0.29) is 0 Å². The van der Waals surface area contributed by atoms with E-state index in [9.17, 15) is 0 Å². The van der Waals surface area contributed by atoms with Gasteiger partial charge < -0.3 is 20.3 Å². The van der Waals surface area contributed by atoms with Crippen molar-refractivity contribution in [2.24, 2.45) is 0 Å². The Morgan fingerprint density at radius 3 is 2.39 bits per heavy atom. The molecule has 2 aliphatic heterocycles. The Morgan fingerprint density at radius 2 is 1.64 bits per heavy atom. The van der Waals surface area contributed by atoms with Crippen LogP contribution in [0.4, 0.5) is 23.1 Å². The number of benzene rings is 2. The fourth-order valence-corrected chi connectivity index (χ4v) is 4.49. The minimum Gasteiger partial charge on any atom is -0.378 e. The van der Waals surface area contributed by atoms with Crippen molar-refractivity contribution in [1.82, 2.24) is 14.9 Å². The predicted octanol–water partition coefficient (Wildman–Crippen LogP) is 4.13. The zero-order chi connectivity index (χ0) is 22.3. The lowest BCUT2D eigenvalue weighted by molar-refractivity contribution is 0.122. The van der Waals surface area contributed by atoms with Gasteiger partial charge in [-0.25, -0.2) is 4.98 Å². The molecule has 7 heteroatoms. The number of nitrogens with one attached hydrogen (secondary N) is 2. The highest BCUT2D eigenvalue weighted by atomic mass is 16.5. The second-order valence-electron chi connectivity index (χ2n) is 8.72. The maximum absolute atomic E-state index is 5.44. The SMILES string of the molecule is c1ccc(CN2CCC(Nc3ccnc(Nc4ccc(N5CCOCC5)cc4)n3)CC2)cc1. The molecule has 1 aromatic heterocycles. The van der Waals surface area contributed by atoms with Gasteiger partial charge in [0.2, 0.25) is 5.95 Å². The monoisotopic (exact) mass is 444 g/mol. The van der Waals surface area contributed by atoms with Crippen LogP contribution in [0, 0.1) is 0 Å². The van der Waals surface area contributed by atoms with Crippen LogP contribution in [-0.4, -0.2) is 60.3 Å². The molecule has 0 unspecified atom stereocenters. The summed E-state index contributed by atoms with van der Waals surface area (Å²) in [6, 6.07) is 21.5. The maximum Gasteiger partial charge on any atom is 0.229 e. The van der Waals surface area contributed by atoms with Gasteiger partial charge in [0, 0.05) is 56.3 Å². The summed E-state index contributed by atoms with van der Waals surface area (Å²) in [6.07, 6.45) is 4.04. The lowest BCUT2D eigenvalue weighted by Gasteiger charge is -2.32. The van der Waals surface area contributed by atoms with Gasteiger partial charge in [-0.3, -0.25) is 4.90 Å². The summed E-state index contributed by atoms with van der Waals surface area (Å²) in [6.45, 7) is 6.68. The number of nitrogens with zero attached hydrogens (tertiary/aromatic N) is 4. The quantitative estimate of drug-likeness (QED) is 0.568. The Hall–Kier alpha value is -3.16. The molecule has 0 spiro atoms. The molecule has 0 saturated carbocycles. The molecule has 3 aromatic rings. The molecule has 2 aliphatic rings. The number of hydrogen-bond acceptors (Lipinski definition) is 7. The fourth-order valence-electron chi connectivity index (χ4n) is 4.49. The van der Waals surface area contributed by atoms with Crippen LogP contribution < -0.4 is 15.5 Å². The molecule has 172 valence electrons. The van der Waals surface area contributed by atoms with E-state index in [1.54, 1.807) is 0 Å². The highest BCUT2D eigenvalue weighted by molar-refractivity contribution is 5.60. The van der Waals surface area contributed by atoms with Crippen molar-refractivity contribution in [3.63, 3.8) is 0 Å². The van der Waals surface area contributed by atoms with Gasteiger partial charge in [0.05, 0.1) is 13.2 Å². The molecule has 5 rings (SSSR count). The number of aromatic nitrogens is 2. The van der Waals surface area contributed by atoms with Crippen LogP contribution >= 0.6 is 0 Å². The minimum atomic E-state index is 0.438. The van der Waals surface area contributed by atoms with Crippen molar-refractivity contribution in [3.05, 3.63) is 72.4 Å². The topological polar surface area (TPSA) is 65.5 Å². The molecule has 7 nitrogen and oxygen atoms in total. The zero-order valence-corrected chi connectivity index (χ0v) is 19.0. The lowest BCUT2D eigenvalue weighted by Crippen LogP contribution is -2.38. The molecule has 0 amide bonds. The Morgan fingerprint density at radius 1 is 0.879 bits per heavy atom. The van der Waals surface area contributed by atoms with E-state index in [2.05, 4.69) is 85.0 Å². The number of hydrogen-bond donors (Lipinski definition) is 2. The van der Waals surface area contributed by atoms with Crippen molar-refractivity contribution >= 4 is 23.1 Å². The number of rotatable bonds is 7. The largest absolute Gasteiger partial charge is 0.378 e. The van der Waals surface area contributed by atoms with Crippen molar-refractivity contribution in [2.75, 3.05) is 54.9 Å². The van der Waals surface area contributed by atoms with Crippen LogP contribution in [-0.2, 0) is 11.3 Å². The van der Waals surface area contributed by atoms with Gasteiger partial charge in [-0.1, -0.05) is 30.3 Å². The second-order valence-corrected chi connectivity index (χ2v) is 8.72. The van der Waals surface area contributed by atoms with Crippen molar-refractivity contribution in [2.45, 2.75) is 25.4 Å². The van der Waals surface area contributed by atoms with Crippen LogP contribution in [0.3, 0.4) is 0 Å². The Balaban J connectivity index is 1.12. The smallest absolute Gasteiger partial charge is 0.229 e. The fraction of sp³-hybridized carbons (Fsp3) is 0.385. The number of likely N-dealkylation sites (tertiary alicyclic amines) is 1. The molecular weight excluding hydrogens is 412 g/mol. The lowest BCUT2D eigenvalue weighted by atomic mass is 10.0. The summed E-state index contributed by atoms with van der Waals surface area (Å²) < 4.78 is 5.44. The third-order valence-corrected chi connectivity index (χ3v) is 6.34. The average Bonchev–Trinajstić information content (AvgIpc) is 2.87. The first kappa shape index (κ1) is 21.7. The molecule has 2 aromatic carbocycles. The van der Waals surface area contributed by atoms with Gasteiger partial charge in [-0.2, -0.15) is 4.98 Å². The Kier molecular flexibility index (Phi) is 6.99. The zero-order valence-electron chi connectivity index (χ0n) is 19.0. The molecule has 0 bridgehead atoms. The van der Waals surface area contributed by atoms with Gasteiger partial charge in [-0.15, -0.1) is 0 Å². The molecule has 3 heterocycles. The predicted molar refractivity (Wildman–Crippen MR) is 133 cm³/mol.